The summed E-state index contributed by atoms with van der Waals surface area (Å²) in [5.41, 5.74) is 2.43. The van der Waals surface area contributed by atoms with Crippen LogP contribution in [-0.4, -0.2) is 24.8 Å². The van der Waals surface area contributed by atoms with Gasteiger partial charge in [0.15, 0.2) is 0 Å². The van der Waals surface area contributed by atoms with E-state index >= 15 is 0 Å². The molecule has 0 saturated carbocycles. The Kier molecular flexibility index (Phi) is 3.63. The molecule has 0 spiro atoms. The van der Waals surface area contributed by atoms with Crippen molar-refractivity contribution in [3.05, 3.63) is 64.6 Å². The summed E-state index contributed by atoms with van der Waals surface area (Å²) in [6.45, 7) is 0. The fourth-order valence-electron chi connectivity index (χ4n) is 2.74. The molecule has 0 aliphatic rings. The number of nitrogens with zero attached hydrogens (tertiary/aromatic N) is 5. The minimum Gasteiger partial charge on any atom is -0.244 e. The second-order valence-electron chi connectivity index (χ2n) is 5.64. The lowest BCUT2D eigenvalue weighted by molar-refractivity contribution is 0.964. The minimum atomic E-state index is 0.549. The molecular weight excluding hydrogens is 389 g/mol. The molecule has 5 nitrogen and oxygen atoms in total. The van der Waals surface area contributed by atoms with Crippen molar-refractivity contribution in [1.29, 1.82) is 0 Å². The molecule has 0 aliphatic carbocycles. The topological polar surface area (TPSA) is 56.0 Å². The molecule has 0 saturated heterocycles. The van der Waals surface area contributed by atoms with Crippen LogP contribution in [0.15, 0.2) is 54.6 Å². The van der Waals surface area contributed by atoms with Gasteiger partial charge in [0.25, 0.3) is 0 Å². The zero-order valence-corrected chi connectivity index (χ0v) is 15.4. The lowest BCUT2D eigenvalue weighted by Crippen LogP contribution is -1.94. The molecule has 126 valence electrons. The average Bonchev–Trinajstić information content (AvgIpc) is 3.22. The van der Waals surface area contributed by atoms with Crippen LogP contribution in [0.5, 0.6) is 0 Å². The van der Waals surface area contributed by atoms with Crippen LogP contribution in [0, 0.1) is 0 Å². The summed E-state index contributed by atoms with van der Waals surface area (Å²) in [5.74, 6) is 0.596. The molecule has 0 amide bonds. The molecule has 0 unspecified atom stereocenters. The van der Waals surface area contributed by atoms with Crippen LogP contribution in [0.1, 0.15) is 0 Å². The number of fused-ring (bicyclic) bond motifs is 2. The highest BCUT2D eigenvalue weighted by atomic mass is 35.5. The Morgan fingerprint density at radius 1 is 0.923 bits per heavy atom. The number of aromatic nitrogens is 5. The van der Waals surface area contributed by atoms with E-state index in [9.17, 15) is 0 Å². The second-order valence-corrected chi connectivity index (χ2v) is 7.44. The molecule has 0 bridgehead atoms. The highest BCUT2D eigenvalue weighted by Gasteiger charge is 2.17. The molecule has 2 aromatic carbocycles. The normalized spacial score (nSPS) is 11.5. The van der Waals surface area contributed by atoms with E-state index in [1.165, 1.54) is 11.3 Å². The quantitative estimate of drug-likeness (QED) is 0.401. The smallest absolute Gasteiger partial charge is 0.235 e. The fraction of sp³-hybridized carbons (Fsp3) is 0. The van der Waals surface area contributed by atoms with E-state index in [1.54, 1.807) is 16.6 Å². The van der Waals surface area contributed by atoms with Crippen LogP contribution < -0.4 is 0 Å². The average molecular weight is 398 g/mol. The first kappa shape index (κ1) is 15.7. The summed E-state index contributed by atoms with van der Waals surface area (Å²) in [6, 6.07) is 17.2. The SMILES string of the molecule is Clc1ccc(-c2nn3c(-c4ccc5ccccc5n4)nnc3s2)c(Cl)c1. The van der Waals surface area contributed by atoms with Gasteiger partial charge in [-0.3, -0.25) is 0 Å². The lowest BCUT2D eigenvalue weighted by atomic mass is 10.2. The molecule has 0 N–H and O–H groups in total. The maximum atomic E-state index is 6.31. The number of benzene rings is 2. The Balaban J connectivity index is 1.66. The predicted molar refractivity (Wildman–Crippen MR) is 105 cm³/mol. The summed E-state index contributed by atoms with van der Waals surface area (Å²) < 4.78 is 1.70. The summed E-state index contributed by atoms with van der Waals surface area (Å²) >= 11 is 13.7. The van der Waals surface area contributed by atoms with Crippen LogP contribution in [0.25, 0.3) is 38.0 Å². The Labute approximate surface area is 161 Å². The fourth-order valence-corrected chi connectivity index (χ4v) is 4.17. The largest absolute Gasteiger partial charge is 0.244 e. The summed E-state index contributed by atoms with van der Waals surface area (Å²) in [7, 11) is 0. The molecule has 3 aromatic heterocycles. The van der Waals surface area contributed by atoms with Gasteiger partial charge in [-0.1, -0.05) is 58.8 Å². The number of pyridine rings is 1. The molecule has 0 radical (unpaired) electrons. The van der Waals surface area contributed by atoms with Gasteiger partial charge in [0, 0.05) is 16.0 Å². The monoisotopic (exact) mass is 397 g/mol. The molecule has 26 heavy (non-hydrogen) atoms. The van der Waals surface area contributed by atoms with Gasteiger partial charge in [-0.25, -0.2) is 4.98 Å². The van der Waals surface area contributed by atoms with Gasteiger partial charge >= 0.3 is 0 Å². The van der Waals surface area contributed by atoms with Gasteiger partial charge in [-0.05, 0) is 30.3 Å². The maximum Gasteiger partial charge on any atom is 0.235 e. The van der Waals surface area contributed by atoms with Crippen molar-refractivity contribution in [2.75, 3.05) is 0 Å². The summed E-state index contributed by atoms with van der Waals surface area (Å²) in [4.78, 5) is 5.35. The van der Waals surface area contributed by atoms with E-state index in [-0.39, 0.29) is 0 Å². The zero-order valence-electron chi connectivity index (χ0n) is 13.1. The Morgan fingerprint density at radius 3 is 2.69 bits per heavy atom. The van der Waals surface area contributed by atoms with Crippen LogP contribution >= 0.6 is 34.5 Å². The second kappa shape index (κ2) is 6.02. The first-order valence-electron chi connectivity index (χ1n) is 7.73. The lowest BCUT2D eigenvalue weighted by Gasteiger charge is -2.01. The van der Waals surface area contributed by atoms with E-state index in [0.29, 0.717) is 20.8 Å². The maximum absolute atomic E-state index is 6.31. The van der Waals surface area contributed by atoms with E-state index in [4.69, 9.17) is 23.2 Å². The molecule has 0 fully saturated rings. The molecule has 0 atom stereocenters. The van der Waals surface area contributed by atoms with E-state index in [1.807, 2.05) is 42.5 Å². The summed E-state index contributed by atoms with van der Waals surface area (Å²) in [6.07, 6.45) is 0. The first-order chi connectivity index (χ1) is 12.7. The minimum absolute atomic E-state index is 0.549. The van der Waals surface area contributed by atoms with Crippen molar-refractivity contribution in [2.45, 2.75) is 0 Å². The third kappa shape index (κ3) is 2.54. The van der Waals surface area contributed by atoms with Gasteiger partial charge in [-0.2, -0.15) is 9.61 Å². The number of para-hydroxylation sites is 1. The van der Waals surface area contributed by atoms with E-state index < -0.39 is 0 Å². The molecule has 0 aliphatic heterocycles. The molecular formula is C18H9Cl2N5S. The van der Waals surface area contributed by atoms with Crippen molar-refractivity contribution in [2.24, 2.45) is 0 Å². The van der Waals surface area contributed by atoms with E-state index in [0.717, 1.165) is 27.2 Å². The molecule has 8 heteroatoms. The van der Waals surface area contributed by atoms with Crippen LogP contribution in [0.3, 0.4) is 0 Å². The van der Waals surface area contributed by atoms with Crippen LogP contribution in [0.4, 0.5) is 0 Å². The third-order valence-electron chi connectivity index (χ3n) is 3.98. The molecule has 5 rings (SSSR count). The van der Waals surface area contributed by atoms with Crippen LogP contribution in [-0.2, 0) is 0 Å². The summed E-state index contributed by atoms with van der Waals surface area (Å²) in [5, 5.41) is 16.1. The van der Waals surface area contributed by atoms with Gasteiger partial charge in [0.1, 0.15) is 10.7 Å². The number of rotatable bonds is 2. The van der Waals surface area contributed by atoms with Crippen molar-refractivity contribution in [3.8, 4) is 22.1 Å². The van der Waals surface area contributed by atoms with Crippen molar-refractivity contribution >= 4 is 50.4 Å². The highest BCUT2D eigenvalue weighted by Crippen LogP contribution is 2.34. The molecule has 5 aromatic rings. The Hall–Kier alpha value is -2.54. The van der Waals surface area contributed by atoms with Crippen molar-refractivity contribution in [1.82, 2.24) is 24.8 Å². The Morgan fingerprint density at radius 2 is 1.81 bits per heavy atom. The van der Waals surface area contributed by atoms with Crippen LogP contribution in [0.2, 0.25) is 10.0 Å². The van der Waals surface area contributed by atoms with Crippen molar-refractivity contribution in [3.63, 3.8) is 0 Å². The standard InChI is InChI=1S/C18H9Cl2N5S/c19-11-6-7-12(13(20)9-11)17-24-25-16(22-23-18(25)26-17)15-8-5-10-3-1-2-4-14(10)21-15/h1-9H. The highest BCUT2D eigenvalue weighted by molar-refractivity contribution is 7.19. The zero-order chi connectivity index (χ0) is 17.7. The third-order valence-corrected chi connectivity index (χ3v) is 5.46. The number of hydrogen-bond donors (Lipinski definition) is 0. The Bertz CT molecular complexity index is 1280. The van der Waals surface area contributed by atoms with Gasteiger partial charge in [-0.15, -0.1) is 10.2 Å². The van der Waals surface area contributed by atoms with E-state index in [2.05, 4.69) is 20.3 Å². The van der Waals surface area contributed by atoms with Crippen molar-refractivity contribution < 1.29 is 0 Å². The number of halogens is 2. The van der Waals surface area contributed by atoms with Gasteiger partial charge < -0.3 is 0 Å². The van der Waals surface area contributed by atoms with Gasteiger partial charge in [0.05, 0.1) is 10.5 Å². The first-order valence-corrected chi connectivity index (χ1v) is 9.30. The van der Waals surface area contributed by atoms with Gasteiger partial charge in [0.2, 0.25) is 10.8 Å². The number of hydrogen-bond acceptors (Lipinski definition) is 5. The molecule has 3 heterocycles. The predicted octanol–water partition coefficient (Wildman–Crippen LogP) is 5.37.